The molecule has 1 aromatic carbocycles. The Balaban J connectivity index is 2.85. The smallest absolute Gasteiger partial charge is 0.326 e. The molecule has 5 unspecified atom stereocenters. The van der Waals surface area contributed by atoms with E-state index in [4.69, 9.17) is 11.5 Å². The topological polar surface area (TPSA) is 254 Å². The number of carbonyl (C=O) groups is 5. The lowest BCUT2D eigenvalue weighted by atomic mass is 10.1. The van der Waals surface area contributed by atoms with E-state index in [0.29, 0.717) is 5.56 Å². The molecule has 0 spiro atoms. The van der Waals surface area contributed by atoms with E-state index in [2.05, 4.69) is 16.0 Å². The molecule has 4 amide bonds. The minimum absolute atomic E-state index is 0.0296. The molecule has 5 atom stereocenters. The Morgan fingerprint density at radius 3 is 1.97 bits per heavy atom. The van der Waals surface area contributed by atoms with E-state index in [9.17, 15) is 44.4 Å². The molecule has 0 aliphatic rings. The maximum Gasteiger partial charge on any atom is 0.326 e. The highest BCUT2D eigenvalue weighted by Crippen LogP contribution is 2.11. The van der Waals surface area contributed by atoms with Crippen molar-refractivity contribution in [2.24, 2.45) is 11.5 Å². The average molecular weight is 483 g/mol. The van der Waals surface area contributed by atoms with Crippen molar-refractivity contribution in [1.82, 2.24) is 16.0 Å². The molecule has 0 saturated carbocycles. The van der Waals surface area contributed by atoms with Crippen LogP contribution in [0.5, 0.6) is 5.75 Å². The third-order valence-electron chi connectivity index (χ3n) is 4.63. The Hall–Kier alpha value is -3.75. The van der Waals surface area contributed by atoms with Crippen molar-refractivity contribution >= 4 is 29.6 Å². The first-order valence-electron chi connectivity index (χ1n) is 10.1. The van der Waals surface area contributed by atoms with Crippen LogP contribution in [0.2, 0.25) is 0 Å². The summed E-state index contributed by atoms with van der Waals surface area (Å²) >= 11 is 0. The molecule has 14 nitrogen and oxygen atoms in total. The van der Waals surface area contributed by atoms with E-state index in [-0.39, 0.29) is 12.2 Å². The van der Waals surface area contributed by atoms with Gasteiger partial charge in [-0.15, -0.1) is 0 Å². The van der Waals surface area contributed by atoms with Crippen molar-refractivity contribution in [2.45, 2.75) is 50.0 Å². The Kier molecular flexibility index (Phi) is 10.9. The van der Waals surface area contributed by atoms with Gasteiger partial charge in [-0.1, -0.05) is 12.1 Å². The molecule has 1 rings (SSSR count). The van der Waals surface area contributed by atoms with Crippen LogP contribution in [0.3, 0.4) is 0 Å². The molecule has 0 aromatic heterocycles. The molecule has 0 saturated heterocycles. The van der Waals surface area contributed by atoms with Crippen molar-refractivity contribution in [2.75, 3.05) is 6.61 Å². The first-order chi connectivity index (χ1) is 15.8. The number of aliphatic hydroxyl groups excluding tert-OH is 2. The number of hydrogen-bond acceptors (Lipinski definition) is 9. The standard InChI is InChI=1S/C20H29N5O9/c1-9(27)16(25-17(30)12(21)7-15(22)29)19(32)24-14(8-26)18(31)23-13(20(33)34)6-10-2-4-11(28)5-3-10/h2-5,9,12-14,16,26-28H,6-8,21H2,1H3,(H2,22,29)(H,23,31)(H,24,32)(H,25,30)(H,33,34). The summed E-state index contributed by atoms with van der Waals surface area (Å²) in [5, 5.41) is 44.5. The molecule has 0 heterocycles. The summed E-state index contributed by atoms with van der Waals surface area (Å²) in [6.45, 7) is 0.237. The van der Waals surface area contributed by atoms with Crippen molar-refractivity contribution < 1.29 is 44.4 Å². The fourth-order valence-electron chi connectivity index (χ4n) is 2.77. The number of phenolic OH excluding ortho intramolecular Hbond substituents is 1. The number of aliphatic hydroxyl groups is 2. The number of aliphatic carboxylic acids is 1. The van der Waals surface area contributed by atoms with Crippen LogP contribution >= 0.6 is 0 Å². The molecule has 0 aliphatic carbocycles. The van der Waals surface area contributed by atoms with Gasteiger partial charge in [0.2, 0.25) is 23.6 Å². The van der Waals surface area contributed by atoms with Crippen molar-refractivity contribution in [3.8, 4) is 5.75 Å². The van der Waals surface area contributed by atoms with Gasteiger partial charge in [-0.3, -0.25) is 19.2 Å². The zero-order valence-corrected chi connectivity index (χ0v) is 18.3. The molecular weight excluding hydrogens is 454 g/mol. The van der Waals surface area contributed by atoms with Crippen molar-refractivity contribution in [1.29, 1.82) is 0 Å². The van der Waals surface area contributed by atoms with Crippen LogP contribution in [0.15, 0.2) is 24.3 Å². The van der Waals surface area contributed by atoms with Gasteiger partial charge < -0.3 is 47.8 Å². The van der Waals surface area contributed by atoms with E-state index < -0.39 is 72.9 Å². The molecule has 0 radical (unpaired) electrons. The van der Waals surface area contributed by atoms with Gasteiger partial charge in [-0.25, -0.2) is 4.79 Å². The third-order valence-corrected chi connectivity index (χ3v) is 4.63. The van der Waals surface area contributed by atoms with Crippen molar-refractivity contribution in [3.05, 3.63) is 29.8 Å². The van der Waals surface area contributed by atoms with Gasteiger partial charge in [0.25, 0.3) is 0 Å². The minimum atomic E-state index is -1.62. The Labute approximate surface area is 194 Å². The zero-order chi connectivity index (χ0) is 26.0. The number of carboxylic acids is 1. The molecule has 188 valence electrons. The van der Waals surface area contributed by atoms with E-state index in [1.807, 2.05) is 0 Å². The molecule has 1 aromatic rings. The van der Waals surface area contributed by atoms with Gasteiger partial charge in [0.1, 0.15) is 23.9 Å². The van der Waals surface area contributed by atoms with E-state index in [0.717, 1.165) is 6.92 Å². The van der Waals surface area contributed by atoms with Gasteiger partial charge in [0.05, 0.1) is 25.2 Å². The number of primary amides is 1. The summed E-state index contributed by atoms with van der Waals surface area (Å²) < 4.78 is 0. The quantitative estimate of drug-likeness (QED) is 0.131. The maximum absolute atomic E-state index is 12.5. The predicted molar refractivity (Wildman–Crippen MR) is 116 cm³/mol. The van der Waals surface area contributed by atoms with Gasteiger partial charge in [0.15, 0.2) is 0 Å². The van der Waals surface area contributed by atoms with E-state index >= 15 is 0 Å². The van der Waals surface area contributed by atoms with Crippen LogP contribution in [0.4, 0.5) is 0 Å². The second-order valence-electron chi connectivity index (χ2n) is 7.52. The summed E-state index contributed by atoms with van der Waals surface area (Å²) in [6, 6.07) is -0.448. The number of amides is 4. The second-order valence-corrected chi connectivity index (χ2v) is 7.52. The molecular formula is C20H29N5O9. The Morgan fingerprint density at radius 2 is 1.50 bits per heavy atom. The van der Waals surface area contributed by atoms with E-state index in [1.165, 1.54) is 24.3 Å². The summed E-state index contributed by atoms with van der Waals surface area (Å²) in [4.78, 5) is 59.6. The van der Waals surface area contributed by atoms with Crippen LogP contribution in [0, 0.1) is 0 Å². The lowest BCUT2D eigenvalue weighted by molar-refractivity contribution is -0.142. The second kappa shape index (κ2) is 13.1. The zero-order valence-electron chi connectivity index (χ0n) is 18.3. The largest absolute Gasteiger partial charge is 0.508 e. The fourth-order valence-corrected chi connectivity index (χ4v) is 2.77. The third kappa shape index (κ3) is 9.01. The number of nitrogens with two attached hydrogens (primary N) is 2. The number of phenols is 1. The number of aromatic hydroxyl groups is 1. The predicted octanol–water partition coefficient (Wildman–Crippen LogP) is -3.95. The number of hydrogen-bond donors (Lipinski definition) is 9. The lowest BCUT2D eigenvalue weighted by Gasteiger charge is -2.25. The van der Waals surface area contributed by atoms with Crippen LogP contribution in [0.25, 0.3) is 0 Å². The van der Waals surface area contributed by atoms with Crippen LogP contribution in [-0.2, 0) is 30.4 Å². The highest BCUT2D eigenvalue weighted by atomic mass is 16.4. The number of rotatable bonds is 13. The Bertz CT molecular complexity index is 891. The molecule has 0 bridgehead atoms. The Morgan fingerprint density at radius 1 is 0.941 bits per heavy atom. The number of carbonyl (C=O) groups excluding carboxylic acids is 4. The number of carboxylic acid groups (broad SMARTS) is 1. The SMILES string of the molecule is CC(O)C(NC(=O)C(N)CC(N)=O)C(=O)NC(CO)C(=O)NC(Cc1ccc(O)cc1)C(=O)O. The first-order valence-corrected chi connectivity index (χ1v) is 10.1. The normalized spacial score (nSPS) is 15.2. The molecule has 11 N–H and O–H groups in total. The average Bonchev–Trinajstić information content (AvgIpc) is 2.75. The molecule has 0 fully saturated rings. The number of benzene rings is 1. The van der Waals surface area contributed by atoms with Crippen LogP contribution in [0.1, 0.15) is 18.9 Å². The fraction of sp³-hybridized carbons (Fsp3) is 0.450. The molecule has 34 heavy (non-hydrogen) atoms. The summed E-state index contributed by atoms with van der Waals surface area (Å²) in [6.07, 6.45) is -2.13. The highest BCUT2D eigenvalue weighted by molar-refractivity contribution is 5.95. The van der Waals surface area contributed by atoms with Gasteiger partial charge >= 0.3 is 5.97 Å². The molecule has 0 aliphatic heterocycles. The van der Waals surface area contributed by atoms with Crippen LogP contribution < -0.4 is 27.4 Å². The minimum Gasteiger partial charge on any atom is -0.508 e. The van der Waals surface area contributed by atoms with Crippen molar-refractivity contribution in [3.63, 3.8) is 0 Å². The van der Waals surface area contributed by atoms with E-state index in [1.54, 1.807) is 0 Å². The summed E-state index contributed by atoms with van der Waals surface area (Å²) in [7, 11) is 0. The first kappa shape index (κ1) is 28.3. The summed E-state index contributed by atoms with van der Waals surface area (Å²) in [5.41, 5.74) is 10.9. The number of nitrogens with one attached hydrogen (secondary N) is 3. The van der Waals surface area contributed by atoms with Gasteiger partial charge in [-0.2, -0.15) is 0 Å². The monoisotopic (exact) mass is 483 g/mol. The maximum atomic E-state index is 12.5. The van der Waals surface area contributed by atoms with Crippen LogP contribution in [-0.4, -0.2) is 86.9 Å². The molecule has 14 heteroatoms. The van der Waals surface area contributed by atoms with Gasteiger partial charge in [0, 0.05) is 6.42 Å². The van der Waals surface area contributed by atoms with Gasteiger partial charge in [-0.05, 0) is 24.6 Å². The highest BCUT2D eigenvalue weighted by Gasteiger charge is 2.32. The summed E-state index contributed by atoms with van der Waals surface area (Å²) in [5.74, 6) is -5.36. The lowest BCUT2D eigenvalue weighted by Crippen LogP contribution is -2.60.